The van der Waals surface area contributed by atoms with E-state index in [4.69, 9.17) is 9.47 Å². The second-order valence-electron chi connectivity index (χ2n) is 11.9. The predicted molar refractivity (Wildman–Crippen MR) is 168 cm³/mol. The number of aliphatic hydroxyl groups excluding tert-OH is 1. The molecule has 0 aromatic carbocycles. The van der Waals surface area contributed by atoms with E-state index in [-0.39, 0.29) is 25.3 Å². The summed E-state index contributed by atoms with van der Waals surface area (Å²) < 4.78 is 11.1. The maximum atomic E-state index is 12.0. The number of hydrogen-bond donors (Lipinski definition) is 1. The fourth-order valence-electron chi connectivity index (χ4n) is 5.25. The lowest BCUT2D eigenvalue weighted by molar-refractivity contribution is -0.149. The van der Waals surface area contributed by atoms with Crippen molar-refractivity contribution in [1.29, 1.82) is 0 Å². The van der Waals surface area contributed by atoms with E-state index in [1.165, 1.54) is 154 Å². The molecule has 0 fully saturated rings. The molecule has 234 valence electrons. The lowest BCUT2D eigenvalue weighted by Gasteiger charge is -2.15. The topological polar surface area (TPSA) is 55.8 Å². The van der Waals surface area contributed by atoms with E-state index in [1.807, 2.05) is 0 Å². The molecule has 1 atom stereocenters. The number of carbonyl (C=O) groups excluding carboxylic acids is 1. The first-order valence-corrected chi connectivity index (χ1v) is 17.6. The van der Waals surface area contributed by atoms with Crippen molar-refractivity contribution in [3.8, 4) is 0 Å². The van der Waals surface area contributed by atoms with E-state index in [1.54, 1.807) is 0 Å². The van der Waals surface area contributed by atoms with Crippen LogP contribution in [0.5, 0.6) is 0 Å². The third-order valence-corrected chi connectivity index (χ3v) is 7.97. The van der Waals surface area contributed by atoms with E-state index in [9.17, 15) is 9.90 Å². The SMILES string of the molecule is CCCCCCCCCCCCCCCCOC(CO)COC(=O)CCCCCCCCCCCCCCC. The lowest BCUT2D eigenvalue weighted by atomic mass is 10.0. The van der Waals surface area contributed by atoms with Crippen molar-refractivity contribution >= 4 is 5.97 Å². The van der Waals surface area contributed by atoms with Crippen LogP contribution in [-0.2, 0) is 14.3 Å². The first-order valence-electron chi connectivity index (χ1n) is 17.6. The molecule has 0 saturated carbocycles. The first kappa shape index (κ1) is 38.4. The van der Waals surface area contributed by atoms with Crippen molar-refractivity contribution in [1.82, 2.24) is 0 Å². The smallest absolute Gasteiger partial charge is 0.305 e. The number of hydrogen-bond acceptors (Lipinski definition) is 4. The average Bonchev–Trinajstić information content (AvgIpc) is 2.95. The van der Waals surface area contributed by atoms with Gasteiger partial charge in [0, 0.05) is 13.0 Å². The molecule has 0 spiro atoms. The Kier molecular flexibility index (Phi) is 33.1. The Morgan fingerprint density at radius 2 is 0.846 bits per heavy atom. The van der Waals surface area contributed by atoms with Crippen LogP contribution in [0.25, 0.3) is 0 Å². The summed E-state index contributed by atoms with van der Waals surface area (Å²) in [6.45, 7) is 5.27. The van der Waals surface area contributed by atoms with E-state index >= 15 is 0 Å². The summed E-state index contributed by atoms with van der Waals surface area (Å²) in [6, 6.07) is 0. The molecule has 39 heavy (non-hydrogen) atoms. The van der Waals surface area contributed by atoms with Gasteiger partial charge in [0.25, 0.3) is 0 Å². The Bertz CT molecular complexity index is 468. The highest BCUT2D eigenvalue weighted by Gasteiger charge is 2.11. The Morgan fingerprint density at radius 1 is 0.513 bits per heavy atom. The van der Waals surface area contributed by atoms with E-state index in [0.29, 0.717) is 13.0 Å². The fraction of sp³-hybridized carbons (Fsp3) is 0.971. The number of ether oxygens (including phenoxy) is 2. The molecule has 0 aliphatic heterocycles. The maximum absolute atomic E-state index is 12.0. The summed E-state index contributed by atoms with van der Waals surface area (Å²) in [5.41, 5.74) is 0. The van der Waals surface area contributed by atoms with Gasteiger partial charge in [-0.05, 0) is 12.8 Å². The first-order chi connectivity index (χ1) is 19.2. The summed E-state index contributed by atoms with van der Waals surface area (Å²) in [7, 11) is 0. The van der Waals surface area contributed by atoms with Gasteiger partial charge >= 0.3 is 5.97 Å². The predicted octanol–water partition coefficient (Wildman–Crippen LogP) is 10.9. The largest absolute Gasteiger partial charge is 0.463 e. The molecule has 0 radical (unpaired) electrons. The summed E-state index contributed by atoms with van der Waals surface area (Å²) in [5, 5.41) is 9.54. The minimum Gasteiger partial charge on any atom is -0.463 e. The number of unbranched alkanes of at least 4 members (excludes halogenated alkanes) is 25. The molecule has 4 heteroatoms. The molecule has 0 aliphatic carbocycles. The summed E-state index contributed by atoms with van der Waals surface area (Å²) >= 11 is 0. The van der Waals surface area contributed by atoms with Crippen LogP contribution in [0.3, 0.4) is 0 Å². The molecule has 0 aliphatic rings. The third kappa shape index (κ3) is 31.8. The molecular weight excluding hydrogens is 484 g/mol. The quantitative estimate of drug-likeness (QED) is 0.0647. The second-order valence-corrected chi connectivity index (χ2v) is 11.9. The van der Waals surface area contributed by atoms with Gasteiger partial charge in [-0.3, -0.25) is 4.79 Å². The molecule has 0 bridgehead atoms. The molecule has 0 amide bonds. The zero-order chi connectivity index (χ0) is 28.5. The van der Waals surface area contributed by atoms with E-state index in [2.05, 4.69) is 13.8 Å². The Balaban J connectivity index is 3.39. The van der Waals surface area contributed by atoms with Crippen LogP contribution in [0.2, 0.25) is 0 Å². The van der Waals surface area contributed by atoms with Gasteiger partial charge in [-0.15, -0.1) is 0 Å². The van der Waals surface area contributed by atoms with Crippen LogP contribution in [0, 0.1) is 0 Å². The van der Waals surface area contributed by atoms with Crippen LogP contribution in [0.4, 0.5) is 0 Å². The van der Waals surface area contributed by atoms with E-state index in [0.717, 1.165) is 19.3 Å². The van der Waals surface area contributed by atoms with Crippen molar-refractivity contribution in [2.24, 2.45) is 0 Å². The van der Waals surface area contributed by atoms with Crippen LogP contribution >= 0.6 is 0 Å². The molecule has 1 N–H and O–H groups in total. The highest BCUT2D eigenvalue weighted by atomic mass is 16.6. The standard InChI is InChI=1S/C35H70O4/c1-3-5-7-9-11-13-15-17-19-21-23-25-27-29-31-38-34(32-36)33-39-35(37)30-28-26-24-22-20-18-16-14-12-10-8-6-4-2/h34,36H,3-33H2,1-2H3. The Labute approximate surface area is 244 Å². The van der Waals surface area contributed by atoms with Gasteiger partial charge in [-0.1, -0.05) is 174 Å². The Morgan fingerprint density at radius 3 is 1.21 bits per heavy atom. The molecule has 0 saturated heterocycles. The van der Waals surface area contributed by atoms with Gasteiger partial charge in [0.2, 0.25) is 0 Å². The van der Waals surface area contributed by atoms with Gasteiger partial charge in [0.05, 0.1) is 6.61 Å². The third-order valence-electron chi connectivity index (χ3n) is 7.97. The van der Waals surface area contributed by atoms with Crippen molar-refractivity contribution < 1.29 is 19.4 Å². The van der Waals surface area contributed by atoms with E-state index < -0.39 is 0 Å². The van der Waals surface area contributed by atoms with Crippen molar-refractivity contribution in [3.05, 3.63) is 0 Å². The molecule has 1 unspecified atom stereocenters. The zero-order valence-corrected chi connectivity index (χ0v) is 26.7. The van der Waals surface area contributed by atoms with Crippen LogP contribution in [0.15, 0.2) is 0 Å². The molecule has 0 rings (SSSR count). The summed E-state index contributed by atoms with van der Waals surface area (Å²) in [6.07, 6.45) is 35.7. The van der Waals surface area contributed by atoms with Crippen molar-refractivity contribution in [2.75, 3.05) is 19.8 Å². The summed E-state index contributed by atoms with van der Waals surface area (Å²) in [4.78, 5) is 12.0. The number of carbonyl (C=O) groups is 1. The monoisotopic (exact) mass is 555 g/mol. The normalized spacial score (nSPS) is 12.2. The summed E-state index contributed by atoms with van der Waals surface area (Å²) in [5.74, 6) is -0.156. The second kappa shape index (κ2) is 33.6. The number of rotatable bonds is 33. The average molecular weight is 555 g/mol. The van der Waals surface area contributed by atoms with Crippen LogP contribution in [0.1, 0.15) is 194 Å². The highest BCUT2D eigenvalue weighted by molar-refractivity contribution is 5.69. The minimum atomic E-state index is -0.387. The molecule has 0 aromatic rings. The molecule has 0 heterocycles. The Hall–Kier alpha value is -0.610. The van der Waals surface area contributed by atoms with Crippen molar-refractivity contribution in [3.63, 3.8) is 0 Å². The highest BCUT2D eigenvalue weighted by Crippen LogP contribution is 2.14. The zero-order valence-electron chi connectivity index (χ0n) is 26.7. The molecule has 0 aromatic heterocycles. The van der Waals surface area contributed by atoms with Gasteiger partial charge in [-0.25, -0.2) is 0 Å². The van der Waals surface area contributed by atoms with Gasteiger partial charge in [0.15, 0.2) is 0 Å². The molecular formula is C35H70O4. The maximum Gasteiger partial charge on any atom is 0.305 e. The van der Waals surface area contributed by atoms with Gasteiger partial charge in [-0.2, -0.15) is 0 Å². The van der Waals surface area contributed by atoms with Crippen LogP contribution < -0.4 is 0 Å². The van der Waals surface area contributed by atoms with Crippen LogP contribution in [-0.4, -0.2) is 37.0 Å². The van der Waals surface area contributed by atoms with Gasteiger partial charge in [0.1, 0.15) is 12.7 Å². The lowest BCUT2D eigenvalue weighted by Crippen LogP contribution is -2.26. The number of aliphatic hydroxyl groups is 1. The van der Waals surface area contributed by atoms with Gasteiger partial charge < -0.3 is 14.6 Å². The molecule has 4 nitrogen and oxygen atoms in total. The van der Waals surface area contributed by atoms with Crippen molar-refractivity contribution in [2.45, 2.75) is 200 Å². The number of esters is 1. The fourth-order valence-corrected chi connectivity index (χ4v) is 5.25. The minimum absolute atomic E-state index is 0.0926.